The number of amides is 1. The quantitative estimate of drug-likeness (QED) is 0.403. The predicted octanol–water partition coefficient (Wildman–Crippen LogP) is 5.33. The van der Waals surface area contributed by atoms with Crippen molar-refractivity contribution in [2.75, 3.05) is 11.1 Å². The zero-order valence-electron chi connectivity index (χ0n) is 17.0. The summed E-state index contributed by atoms with van der Waals surface area (Å²) in [5.74, 6) is 0.672. The molecular formula is C23H20ClN5OS. The number of para-hydroxylation sites is 1. The van der Waals surface area contributed by atoms with Gasteiger partial charge in [0.15, 0.2) is 11.0 Å². The maximum absolute atomic E-state index is 12.6. The molecule has 4 aromatic rings. The summed E-state index contributed by atoms with van der Waals surface area (Å²) >= 11 is 7.55. The molecule has 1 N–H and O–H groups in total. The molecule has 0 saturated heterocycles. The van der Waals surface area contributed by atoms with Crippen LogP contribution >= 0.6 is 23.4 Å². The molecule has 0 aliphatic carbocycles. The largest absolute Gasteiger partial charge is 0.324 e. The van der Waals surface area contributed by atoms with Crippen molar-refractivity contribution >= 4 is 35.0 Å². The zero-order valence-corrected chi connectivity index (χ0v) is 18.6. The Balaban J connectivity index is 1.60. The number of nitrogens with one attached hydrogen (secondary N) is 1. The molecule has 0 saturated carbocycles. The van der Waals surface area contributed by atoms with Crippen LogP contribution < -0.4 is 5.32 Å². The fourth-order valence-corrected chi connectivity index (χ4v) is 4.14. The van der Waals surface area contributed by atoms with E-state index < -0.39 is 0 Å². The molecule has 0 aliphatic heterocycles. The lowest BCUT2D eigenvalue weighted by Crippen LogP contribution is -2.15. The van der Waals surface area contributed by atoms with Crippen molar-refractivity contribution in [1.82, 2.24) is 19.7 Å². The van der Waals surface area contributed by atoms with Crippen LogP contribution in [0.1, 0.15) is 11.1 Å². The van der Waals surface area contributed by atoms with Crippen LogP contribution in [-0.2, 0) is 4.79 Å². The van der Waals surface area contributed by atoms with E-state index in [2.05, 4.69) is 20.5 Å². The van der Waals surface area contributed by atoms with Crippen LogP contribution in [-0.4, -0.2) is 31.4 Å². The Morgan fingerprint density at radius 1 is 1.10 bits per heavy atom. The minimum absolute atomic E-state index is 0.168. The number of halogens is 1. The minimum Gasteiger partial charge on any atom is -0.324 e. The minimum atomic E-state index is -0.169. The lowest BCUT2D eigenvalue weighted by Gasteiger charge is -2.13. The third kappa shape index (κ3) is 4.78. The Labute approximate surface area is 189 Å². The average molecular weight is 450 g/mol. The van der Waals surface area contributed by atoms with E-state index in [0.29, 0.717) is 21.7 Å². The molecule has 8 heteroatoms. The summed E-state index contributed by atoms with van der Waals surface area (Å²) in [6.45, 7) is 3.98. The van der Waals surface area contributed by atoms with E-state index in [1.807, 2.05) is 66.9 Å². The number of hydrogen-bond donors (Lipinski definition) is 1. The number of rotatable bonds is 6. The molecule has 0 atom stereocenters. The van der Waals surface area contributed by atoms with E-state index in [4.69, 9.17) is 11.6 Å². The Morgan fingerprint density at radius 3 is 2.68 bits per heavy atom. The molecule has 0 spiro atoms. The van der Waals surface area contributed by atoms with Crippen LogP contribution in [0.5, 0.6) is 0 Å². The van der Waals surface area contributed by atoms with Crippen LogP contribution in [0.3, 0.4) is 0 Å². The SMILES string of the molecule is Cc1ccc(NC(=O)CSc2nnc(-c3cccnc3)n2-c2ccccc2C)c(Cl)c1. The van der Waals surface area contributed by atoms with Gasteiger partial charge in [-0.15, -0.1) is 10.2 Å². The summed E-state index contributed by atoms with van der Waals surface area (Å²) in [6, 6.07) is 17.3. The van der Waals surface area contributed by atoms with Crippen molar-refractivity contribution in [2.24, 2.45) is 0 Å². The summed E-state index contributed by atoms with van der Waals surface area (Å²) in [7, 11) is 0. The van der Waals surface area contributed by atoms with E-state index in [1.54, 1.807) is 18.5 Å². The first-order valence-corrected chi connectivity index (χ1v) is 11.0. The number of carbonyl (C=O) groups is 1. The van der Waals surface area contributed by atoms with Gasteiger partial charge in [0.05, 0.1) is 22.2 Å². The second-order valence-electron chi connectivity index (χ2n) is 6.99. The summed E-state index contributed by atoms with van der Waals surface area (Å²) in [4.78, 5) is 16.8. The normalized spacial score (nSPS) is 10.8. The van der Waals surface area contributed by atoms with Gasteiger partial charge >= 0.3 is 0 Å². The lowest BCUT2D eigenvalue weighted by atomic mass is 10.2. The van der Waals surface area contributed by atoms with Crippen molar-refractivity contribution in [2.45, 2.75) is 19.0 Å². The second kappa shape index (κ2) is 9.32. The number of benzene rings is 2. The van der Waals surface area contributed by atoms with Crippen LogP contribution in [0.15, 0.2) is 72.1 Å². The highest BCUT2D eigenvalue weighted by molar-refractivity contribution is 7.99. The van der Waals surface area contributed by atoms with Gasteiger partial charge < -0.3 is 5.32 Å². The monoisotopic (exact) mass is 449 g/mol. The molecule has 4 rings (SSSR count). The lowest BCUT2D eigenvalue weighted by molar-refractivity contribution is -0.113. The first-order valence-electron chi connectivity index (χ1n) is 9.63. The maximum Gasteiger partial charge on any atom is 0.234 e. The molecule has 2 aromatic carbocycles. The fraction of sp³-hybridized carbons (Fsp3) is 0.130. The summed E-state index contributed by atoms with van der Waals surface area (Å²) in [5, 5.41) is 12.7. The number of aryl methyl sites for hydroxylation is 2. The highest BCUT2D eigenvalue weighted by atomic mass is 35.5. The van der Waals surface area contributed by atoms with Crippen molar-refractivity contribution in [3.8, 4) is 17.1 Å². The number of hydrogen-bond acceptors (Lipinski definition) is 5. The third-order valence-electron chi connectivity index (χ3n) is 4.64. The van der Waals surface area contributed by atoms with Crippen LogP contribution in [0.25, 0.3) is 17.1 Å². The fourth-order valence-electron chi connectivity index (χ4n) is 3.11. The zero-order chi connectivity index (χ0) is 21.8. The van der Waals surface area contributed by atoms with Gasteiger partial charge in [-0.3, -0.25) is 14.3 Å². The van der Waals surface area contributed by atoms with E-state index in [1.165, 1.54) is 11.8 Å². The highest BCUT2D eigenvalue weighted by Gasteiger charge is 2.18. The van der Waals surface area contributed by atoms with Crippen molar-refractivity contribution in [1.29, 1.82) is 0 Å². The topological polar surface area (TPSA) is 72.7 Å². The van der Waals surface area contributed by atoms with Gasteiger partial charge in [-0.2, -0.15) is 0 Å². The summed E-state index contributed by atoms with van der Waals surface area (Å²) < 4.78 is 1.96. The van der Waals surface area contributed by atoms with Crippen molar-refractivity contribution < 1.29 is 4.79 Å². The molecule has 0 bridgehead atoms. The Morgan fingerprint density at radius 2 is 1.94 bits per heavy atom. The number of carbonyl (C=O) groups excluding carboxylic acids is 1. The van der Waals surface area contributed by atoms with Crippen molar-refractivity contribution in [3.05, 3.63) is 83.1 Å². The van der Waals surface area contributed by atoms with Gasteiger partial charge in [0.2, 0.25) is 5.91 Å². The highest BCUT2D eigenvalue weighted by Crippen LogP contribution is 2.29. The average Bonchev–Trinajstić information content (AvgIpc) is 3.19. The first-order chi connectivity index (χ1) is 15.0. The Kier molecular flexibility index (Phi) is 6.34. The molecule has 0 radical (unpaired) electrons. The van der Waals surface area contributed by atoms with Gasteiger partial charge in [-0.05, 0) is 55.3 Å². The number of aromatic nitrogens is 4. The van der Waals surface area contributed by atoms with E-state index in [0.717, 1.165) is 22.4 Å². The van der Waals surface area contributed by atoms with Crippen molar-refractivity contribution in [3.63, 3.8) is 0 Å². The molecule has 156 valence electrons. The molecule has 6 nitrogen and oxygen atoms in total. The second-order valence-corrected chi connectivity index (χ2v) is 8.34. The van der Waals surface area contributed by atoms with E-state index in [9.17, 15) is 4.79 Å². The van der Waals surface area contributed by atoms with Gasteiger partial charge in [0.1, 0.15) is 0 Å². The Bertz CT molecular complexity index is 1230. The van der Waals surface area contributed by atoms with Crippen LogP contribution in [0, 0.1) is 13.8 Å². The molecule has 2 aromatic heterocycles. The van der Waals surface area contributed by atoms with E-state index in [-0.39, 0.29) is 11.7 Å². The standard InChI is InChI=1S/C23H20ClN5OS/c1-15-9-10-19(18(24)12-15)26-21(30)14-31-23-28-27-22(17-7-5-11-25-13-17)29(23)20-8-4-3-6-16(20)2/h3-13H,14H2,1-2H3,(H,26,30). The summed E-state index contributed by atoms with van der Waals surface area (Å²) in [6.07, 6.45) is 3.47. The van der Waals surface area contributed by atoms with Gasteiger partial charge in [0.25, 0.3) is 0 Å². The molecule has 0 aliphatic rings. The van der Waals surface area contributed by atoms with Crippen LogP contribution in [0.2, 0.25) is 5.02 Å². The molecule has 0 unspecified atom stereocenters. The predicted molar refractivity (Wildman–Crippen MR) is 125 cm³/mol. The number of anilines is 1. The maximum atomic E-state index is 12.6. The summed E-state index contributed by atoms with van der Waals surface area (Å²) in [5.41, 5.74) is 4.50. The Hall–Kier alpha value is -3.16. The number of thioether (sulfide) groups is 1. The smallest absolute Gasteiger partial charge is 0.234 e. The van der Waals surface area contributed by atoms with Crippen LogP contribution in [0.4, 0.5) is 5.69 Å². The van der Waals surface area contributed by atoms with Gasteiger partial charge in [-0.1, -0.05) is 47.6 Å². The van der Waals surface area contributed by atoms with Gasteiger partial charge in [0, 0.05) is 18.0 Å². The molecular weight excluding hydrogens is 430 g/mol. The number of nitrogens with zero attached hydrogens (tertiary/aromatic N) is 4. The third-order valence-corrected chi connectivity index (χ3v) is 5.88. The molecule has 1 amide bonds. The molecule has 31 heavy (non-hydrogen) atoms. The molecule has 2 heterocycles. The van der Waals surface area contributed by atoms with E-state index >= 15 is 0 Å². The molecule has 0 fully saturated rings. The first kappa shape index (κ1) is 21.1. The number of pyridine rings is 1. The van der Waals surface area contributed by atoms with Gasteiger partial charge in [-0.25, -0.2) is 0 Å².